The van der Waals surface area contributed by atoms with Gasteiger partial charge in [0.2, 0.25) is 5.91 Å². The fourth-order valence-electron chi connectivity index (χ4n) is 2.09. The number of anilines is 1. The van der Waals surface area contributed by atoms with Crippen molar-refractivity contribution in [2.45, 2.75) is 26.2 Å². The Morgan fingerprint density at radius 3 is 2.68 bits per heavy atom. The lowest BCUT2D eigenvalue weighted by Crippen LogP contribution is -2.40. The van der Waals surface area contributed by atoms with Crippen molar-refractivity contribution in [3.05, 3.63) is 22.7 Å². The molecule has 0 saturated heterocycles. The van der Waals surface area contributed by atoms with Crippen LogP contribution in [0, 0.1) is 23.7 Å². The highest BCUT2D eigenvalue weighted by Crippen LogP contribution is 2.42. The summed E-state index contributed by atoms with van der Waals surface area (Å²) in [7, 11) is 1.51. The van der Waals surface area contributed by atoms with Gasteiger partial charge in [-0.3, -0.25) is 4.79 Å². The number of halogens is 1. The molecule has 1 aliphatic carbocycles. The number of nitrogens with one attached hydrogen (secondary N) is 1. The average molecular weight is 279 g/mol. The third-order valence-electron chi connectivity index (χ3n) is 3.58. The smallest absolute Gasteiger partial charge is 0.244 e. The van der Waals surface area contributed by atoms with Crippen molar-refractivity contribution in [2.24, 2.45) is 5.41 Å². The summed E-state index contributed by atoms with van der Waals surface area (Å²) in [5.41, 5.74) is 0.520. The highest BCUT2D eigenvalue weighted by atomic mass is 35.5. The summed E-state index contributed by atoms with van der Waals surface area (Å²) in [4.78, 5) is 12.2. The maximum absolute atomic E-state index is 12.2. The molecule has 0 radical (unpaired) electrons. The molecule has 0 aromatic heterocycles. The largest absolute Gasteiger partial charge is 0.495 e. The summed E-state index contributed by atoms with van der Waals surface area (Å²) in [5, 5.41) is 12.5. The van der Waals surface area contributed by atoms with Gasteiger partial charge in [0.15, 0.2) is 0 Å². The molecule has 1 saturated carbocycles. The molecule has 19 heavy (non-hydrogen) atoms. The Morgan fingerprint density at radius 1 is 1.53 bits per heavy atom. The Balaban J connectivity index is 2.26. The Kier molecular flexibility index (Phi) is 3.68. The van der Waals surface area contributed by atoms with Crippen LogP contribution in [0.25, 0.3) is 0 Å². The molecule has 1 aromatic rings. The molecule has 5 heteroatoms. The number of nitrogens with zero attached hydrogens (tertiary/aromatic N) is 1. The molecular weight excluding hydrogens is 264 g/mol. The zero-order valence-corrected chi connectivity index (χ0v) is 11.7. The molecule has 0 aliphatic heterocycles. The molecule has 100 valence electrons. The molecule has 1 amide bonds. The minimum Gasteiger partial charge on any atom is -0.495 e. The van der Waals surface area contributed by atoms with Crippen molar-refractivity contribution in [1.82, 2.24) is 0 Å². The highest BCUT2D eigenvalue weighted by Gasteiger charge is 2.44. The monoisotopic (exact) mass is 278 g/mol. The highest BCUT2D eigenvalue weighted by molar-refractivity contribution is 6.31. The lowest BCUT2D eigenvalue weighted by molar-refractivity contribution is -0.126. The van der Waals surface area contributed by atoms with Crippen LogP contribution in [0.5, 0.6) is 5.75 Å². The summed E-state index contributed by atoms with van der Waals surface area (Å²) in [6, 6.07) is 5.53. The number of benzene rings is 1. The van der Waals surface area contributed by atoms with Gasteiger partial charge in [0.05, 0.1) is 18.9 Å². The molecule has 4 nitrogen and oxygen atoms in total. The number of ether oxygens (including phenoxy) is 1. The van der Waals surface area contributed by atoms with E-state index in [1.165, 1.54) is 7.11 Å². The third kappa shape index (κ3) is 2.39. The van der Waals surface area contributed by atoms with Gasteiger partial charge in [-0.25, -0.2) is 0 Å². The zero-order valence-electron chi connectivity index (χ0n) is 10.9. The third-order valence-corrected chi connectivity index (χ3v) is 3.99. The SMILES string of the molecule is COc1cc(Cl)c(C)cc1NC(=O)C1(C#N)CCC1. The second kappa shape index (κ2) is 5.10. The van der Waals surface area contributed by atoms with Crippen LogP contribution in [-0.4, -0.2) is 13.0 Å². The first-order valence-electron chi connectivity index (χ1n) is 6.09. The van der Waals surface area contributed by atoms with Gasteiger partial charge in [-0.05, 0) is 37.8 Å². The number of carbonyl (C=O) groups excluding carboxylic acids is 1. The van der Waals surface area contributed by atoms with Crippen molar-refractivity contribution in [3.63, 3.8) is 0 Å². The predicted octanol–water partition coefficient (Wildman–Crippen LogP) is 3.29. The average Bonchev–Trinajstić information content (AvgIpc) is 2.33. The van der Waals surface area contributed by atoms with E-state index in [2.05, 4.69) is 11.4 Å². The fraction of sp³-hybridized carbons (Fsp3) is 0.429. The number of hydrogen-bond acceptors (Lipinski definition) is 3. The van der Waals surface area contributed by atoms with Gasteiger partial charge < -0.3 is 10.1 Å². The minimum absolute atomic E-state index is 0.263. The molecular formula is C14H15ClN2O2. The maximum atomic E-state index is 12.2. The van der Waals surface area contributed by atoms with Gasteiger partial charge in [-0.15, -0.1) is 0 Å². The molecule has 0 unspecified atom stereocenters. The number of rotatable bonds is 3. The molecule has 0 atom stereocenters. The molecule has 1 aliphatic rings. The standard InChI is InChI=1S/C14H15ClN2O2/c1-9-6-11(12(19-2)7-10(9)15)17-13(18)14(8-16)4-3-5-14/h6-7H,3-5H2,1-2H3,(H,17,18). The summed E-state index contributed by atoms with van der Waals surface area (Å²) in [5.74, 6) is 0.234. The summed E-state index contributed by atoms with van der Waals surface area (Å²) >= 11 is 6.01. The van der Waals surface area contributed by atoms with Crippen LogP contribution in [-0.2, 0) is 4.79 Å². The van der Waals surface area contributed by atoms with E-state index in [1.54, 1.807) is 12.1 Å². The van der Waals surface area contributed by atoms with Crippen molar-refractivity contribution in [2.75, 3.05) is 12.4 Å². The summed E-state index contributed by atoms with van der Waals surface area (Å²) < 4.78 is 5.20. The van der Waals surface area contributed by atoms with E-state index in [1.807, 2.05) is 6.92 Å². The van der Waals surface area contributed by atoms with Gasteiger partial charge in [0, 0.05) is 11.1 Å². The lowest BCUT2D eigenvalue weighted by Gasteiger charge is -2.33. The molecule has 2 rings (SSSR count). The van der Waals surface area contributed by atoms with Gasteiger partial charge in [0.25, 0.3) is 0 Å². The van der Waals surface area contributed by atoms with Crippen molar-refractivity contribution in [1.29, 1.82) is 5.26 Å². The first-order valence-corrected chi connectivity index (χ1v) is 6.47. The summed E-state index contributed by atoms with van der Waals surface area (Å²) in [6.45, 7) is 1.85. The lowest BCUT2D eigenvalue weighted by atomic mass is 9.69. The normalized spacial score (nSPS) is 16.1. The molecule has 0 heterocycles. The number of nitriles is 1. The Labute approximate surface area is 117 Å². The number of hydrogen-bond donors (Lipinski definition) is 1. The van der Waals surface area contributed by atoms with E-state index in [-0.39, 0.29) is 5.91 Å². The van der Waals surface area contributed by atoms with Gasteiger partial charge >= 0.3 is 0 Å². The van der Waals surface area contributed by atoms with Crippen LogP contribution in [0.2, 0.25) is 5.02 Å². The number of methoxy groups -OCH3 is 1. The predicted molar refractivity (Wildman–Crippen MR) is 73.3 cm³/mol. The zero-order chi connectivity index (χ0) is 14.0. The minimum atomic E-state index is -0.876. The van der Waals surface area contributed by atoms with Gasteiger partial charge in [-0.1, -0.05) is 11.6 Å². The van der Waals surface area contributed by atoms with Crippen LogP contribution in [0.4, 0.5) is 5.69 Å². The van der Waals surface area contributed by atoms with Crippen molar-refractivity contribution >= 4 is 23.2 Å². The van der Waals surface area contributed by atoms with E-state index >= 15 is 0 Å². The maximum Gasteiger partial charge on any atom is 0.244 e. The first kappa shape index (κ1) is 13.7. The van der Waals surface area contributed by atoms with Crippen LogP contribution in [0.15, 0.2) is 12.1 Å². The van der Waals surface area contributed by atoms with E-state index in [9.17, 15) is 4.79 Å². The van der Waals surface area contributed by atoms with Crippen LogP contribution in [0.3, 0.4) is 0 Å². The first-order chi connectivity index (χ1) is 9.02. The second-order valence-corrected chi connectivity index (χ2v) is 5.21. The molecule has 0 spiro atoms. The number of aryl methyl sites for hydroxylation is 1. The van der Waals surface area contributed by atoms with Crippen LogP contribution >= 0.6 is 11.6 Å². The topological polar surface area (TPSA) is 62.1 Å². The van der Waals surface area contributed by atoms with Gasteiger partial charge in [0.1, 0.15) is 11.2 Å². The van der Waals surface area contributed by atoms with Gasteiger partial charge in [-0.2, -0.15) is 5.26 Å². The molecule has 1 fully saturated rings. The van der Waals surface area contributed by atoms with Crippen LogP contribution < -0.4 is 10.1 Å². The second-order valence-electron chi connectivity index (χ2n) is 4.80. The Morgan fingerprint density at radius 2 is 2.21 bits per heavy atom. The molecule has 0 bridgehead atoms. The van der Waals surface area contributed by atoms with Crippen LogP contribution in [0.1, 0.15) is 24.8 Å². The Hall–Kier alpha value is -1.73. The summed E-state index contributed by atoms with van der Waals surface area (Å²) in [6.07, 6.45) is 2.15. The molecule has 1 N–H and O–H groups in total. The van der Waals surface area contributed by atoms with Crippen molar-refractivity contribution < 1.29 is 9.53 Å². The van der Waals surface area contributed by atoms with E-state index in [0.29, 0.717) is 29.3 Å². The van der Waals surface area contributed by atoms with E-state index in [0.717, 1.165) is 12.0 Å². The number of carbonyl (C=O) groups is 1. The fourth-order valence-corrected chi connectivity index (χ4v) is 2.25. The molecule has 1 aromatic carbocycles. The van der Waals surface area contributed by atoms with Crippen molar-refractivity contribution in [3.8, 4) is 11.8 Å². The van der Waals surface area contributed by atoms with E-state index < -0.39 is 5.41 Å². The van der Waals surface area contributed by atoms with E-state index in [4.69, 9.17) is 21.6 Å². The number of amides is 1. The quantitative estimate of drug-likeness (QED) is 0.923. The Bertz CT molecular complexity index is 559.